The van der Waals surface area contributed by atoms with Crippen LogP contribution in [0.4, 0.5) is 0 Å². The molecule has 2 aromatic heterocycles. The van der Waals surface area contributed by atoms with Crippen molar-refractivity contribution in [3.05, 3.63) is 53.1 Å². The maximum atomic E-state index is 6.05. The Morgan fingerprint density at radius 2 is 2.15 bits per heavy atom. The number of fused-ring (bicyclic) bond motifs is 1. The van der Waals surface area contributed by atoms with Crippen LogP contribution >= 0.6 is 35.6 Å². The molecule has 0 bridgehead atoms. The van der Waals surface area contributed by atoms with Crippen LogP contribution in [0.2, 0.25) is 5.02 Å². The van der Waals surface area contributed by atoms with Crippen LogP contribution in [-0.2, 0) is 20.0 Å². The Kier molecular flexibility index (Phi) is 7.33. The Bertz CT molecular complexity index is 852. The van der Waals surface area contributed by atoms with Crippen molar-refractivity contribution in [2.24, 2.45) is 12.0 Å². The predicted octanol–water partition coefficient (Wildman–Crippen LogP) is 3.42. The second-order valence-corrected chi connectivity index (χ2v) is 6.48. The molecule has 3 aromatic rings. The zero-order valence-corrected chi connectivity index (χ0v) is 18.2. The van der Waals surface area contributed by atoms with Crippen LogP contribution in [0.3, 0.4) is 0 Å². The summed E-state index contributed by atoms with van der Waals surface area (Å²) in [6, 6.07) is 10.0. The predicted molar refractivity (Wildman–Crippen MR) is 118 cm³/mol. The van der Waals surface area contributed by atoms with Crippen molar-refractivity contribution in [1.82, 2.24) is 24.8 Å². The van der Waals surface area contributed by atoms with Crippen LogP contribution in [0, 0.1) is 0 Å². The van der Waals surface area contributed by atoms with Gasteiger partial charge in [-0.1, -0.05) is 23.7 Å². The van der Waals surface area contributed by atoms with E-state index in [4.69, 9.17) is 11.6 Å². The Balaban J connectivity index is 0.00000243. The highest BCUT2D eigenvalue weighted by molar-refractivity contribution is 14.0. The Morgan fingerprint density at radius 1 is 1.38 bits per heavy atom. The molecule has 140 valence electrons. The summed E-state index contributed by atoms with van der Waals surface area (Å²) >= 11 is 6.05. The van der Waals surface area contributed by atoms with Gasteiger partial charge in [0.15, 0.2) is 5.96 Å². The van der Waals surface area contributed by atoms with Gasteiger partial charge in [-0.05, 0) is 18.2 Å². The quantitative estimate of drug-likeness (QED) is 0.330. The molecule has 0 radical (unpaired) electrons. The second-order valence-electron chi connectivity index (χ2n) is 6.04. The fourth-order valence-electron chi connectivity index (χ4n) is 2.84. The number of guanidine groups is 1. The number of para-hydroxylation sites is 2. The van der Waals surface area contributed by atoms with Gasteiger partial charge in [-0.2, -0.15) is 0 Å². The van der Waals surface area contributed by atoms with Crippen LogP contribution in [0.25, 0.3) is 11.0 Å². The molecule has 0 aliphatic carbocycles. The monoisotopic (exact) mass is 486 g/mol. The summed E-state index contributed by atoms with van der Waals surface area (Å²) in [5, 5.41) is 4.13. The molecule has 3 rings (SSSR count). The summed E-state index contributed by atoms with van der Waals surface area (Å²) in [6.07, 6.45) is 2.71. The van der Waals surface area contributed by atoms with Gasteiger partial charge in [-0.25, -0.2) is 4.98 Å². The molecule has 0 spiro atoms. The topological polar surface area (TPSA) is 61.2 Å². The van der Waals surface area contributed by atoms with Crippen LogP contribution in [-0.4, -0.2) is 46.0 Å². The number of aromatic amines is 1. The molecule has 0 aliphatic rings. The minimum atomic E-state index is 0. The highest BCUT2D eigenvalue weighted by Crippen LogP contribution is 2.14. The number of nitrogens with zero attached hydrogens (tertiary/aromatic N) is 4. The fourth-order valence-corrected chi connectivity index (χ4v) is 3.12. The standard InChI is InChI=1S/C18H23ClN6.HI/c1-20-18(25(3)12-14-10-13(19)11-24(14)2)21-9-8-17-22-15-6-4-5-7-16(15)23-17;/h4-7,10-11H,8-9,12H2,1-3H3,(H,20,21)(H,22,23);1H. The van der Waals surface area contributed by atoms with Gasteiger partial charge in [0.1, 0.15) is 5.82 Å². The zero-order chi connectivity index (χ0) is 17.8. The maximum absolute atomic E-state index is 6.05. The second kappa shape index (κ2) is 9.27. The summed E-state index contributed by atoms with van der Waals surface area (Å²) in [5.41, 5.74) is 3.20. The number of nitrogens with one attached hydrogen (secondary N) is 2. The molecular formula is C18H24ClIN6. The first-order chi connectivity index (χ1) is 12.1. The maximum Gasteiger partial charge on any atom is 0.193 e. The van der Waals surface area contributed by atoms with E-state index in [0.717, 1.165) is 53.0 Å². The average Bonchev–Trinajstić information content (AvgIpc) is 3.13. The first-order valence-electron chi connectivity index (χ1n) is 8.23. The van der Waals surface area contributed by atoms with Crippen molar-refractivity contribution in [2.75, 3.05) is 20.6 Å². The first-order valence-corrected chi connectivity index (χ1v) is 8.61. The number of benzene rings is 1. The van der Waals surface area contributed by atoms with Crippen molar-refractivity contribution in [3.8, 4) is 0 Å². The van der Waals surface area contributed by atoms with E-state index in [0.29, 0.717) is 0 Å². The van der Waals surface area contributed by atoms with E-state index in [2.05, 4.69) is 25.2 Å². The molecule has 26 heavy (non-hydrogen) atoms. The van der Waals surface area contributed by atoms with E-state index in [9.17, 15) is 0 Å². The van der Waals surface area contributed by atoms with Crippen LogP contribution in [0.1, 0.15) is 11.5 Å². The summed E-state index contributed by atoms with van der Waals surface area (Å²) < 4.78 is 2.03. The number of aryl methyl sites for hydroxylation is 1. The van der Waals surface area contributed by atoms with Crippen molar-refractivity contribution < 1.29 is 0 Å². The Morgan fingerprint density at radius 3 is 2.81 bits per heavy atom. The Hall–Kier alpha value is -1.74. The minimum Gasteiger partial charge on any atom is -0.356 e. The number of rotatable bonds is 5. The smallest absolute Gasteiger partial charge is 0.193 e. The van der Waals surface area contributed by atoms with Gasteiger partial charge < -0.3 is 19.8 Å². The van der Waals surface area contributed by atoms with E-state index in [1.165, 1.54) is 0 Å². The molecule has 0 aliphatic heterocycles. The van der Waals surface area contributed by atoms with Gasteiger partial charge in [0, 0.05) is 46.0 Å². The number of H-pyrrole nitrogens is 1. The third kappa shape index (κ3) is 4.91. The summed E-state index contributed by atoms with van der Waals surface area (Å²) in [7, 11) is 5.79. The summed E-state index contributed by atoms with van der Waals surface area (Å²) in [6.45, 7) is 1.48. The highest BCUT2D eigenvalue weighted by atomic mass is 127. The number of halogens is 2. The fraction of sp³-hybridized carbons (Fsp3) is 0.333. The lowest BCUT2D eigenvalue weighted by Gasteiger charge is -2.22. The van der Waals surface area contributed by atoms with E-state index in [1.54, 1.807) is 7.05 Å². The Labute approximate surface area is 175 Å². The van der Waals surface area contributed by atoms with Crippen molar-refractivity contribution in [2.45, 2.75) is 13.0 Å². The third-order valence-electron chi connectivity index (χ3n) is 4.13. The molecule has 6 nitrogen and oxygen atoms in total. The van der Waals surface area contributed by atoms with Gasteiger partial charge in [0.2, 0.25) is 0 Å². The van der Waals surface area contributed by atoms with E-state index in [-0.39, 0.29) is 24.0 Å². The molecule has 0 saturated carbocycles. The van der Waals surface area contributed by atoms with E-state index >= 15 is 0 Å². The third-order valence-corrected chi connectivity index (χ3v) is 4.34. The summed E-state index contributed by atoms with van der Waals surface area (Å²) in [5.74, 6) is 1.81. The van der Waals surface area contributed by atoms with E-state index in [1.807, 2.05) is 55.2 Å². The number of aromatic nitrogens is 3. The zero-order valence-electron chi connectivity index (χ0n) is 15.2. The molecule has 2 heterocycles. The average molecular weight is 487 g/mol. The van der Waals surface area contributed by atoms with Gasteiger partial charge in [-0.3, -0.25) is 4.99 Å². The van der Waals surface area contributed by atoms with Crippen LogP contribution in [0.5, 0.6) is 0 Å². The first kappa shape index (κ1) is 20.6. The highest BCUT2D eigenvalue weighted by Gasteiger charge is 2.10. The molecule has 0 unspecified atom stereocenters. The molecular weight excluding hydrogens is 463 g/mol. The molecule has 0 amide bonds. The number of hydrogen-bond donors (Lipinski definition) is 2. The molecule has 0 fully saturated rings. The number of aliphatic imine (C=N–C) groups is 1. The molecule has 8 heteroatoms. The van der Waals surface area contributed by atoms with E-state index < -0.39 is 0 Å². The lowest BCUT2D eigenvalue weighted by atomic mass is 10.3. The van der Waals surface area contributed by atoms with Crippen LogP contribution < -0.4 is 5.32 Å². The molecule has 2 N–H and O–H groups in total. The SMILES string of the molecule is CN=C(NCCc1nc2ccccc2[nH]1)N(C)Cc1cc(Cl)cn1C.I. The minimum absolute atomic E-state index is 0. The molecule has 0 atom stereocenters. The van der Waals surface area contributed by atoms with Gasteiger partial charge in [0.05, 0.1) is 22.6 Å². The van der Waals surface area contributed by atoms with Gasteiger partial charge in [0.25, 0.3) is 0 Å². The van der Waals surface area contributed by atoms with Crippen molar-refractivity contribution in [1.29, 1.82) is 0 Å². The molecule has 0 saturated heterocycles. The van der Waals surface area contributed by atoms with Crippen molar-refractivity contribution in [3.63, 3.8) is 0 Å². The molecule has 1 aromatic carbocycles. The summed E-state index contributed by atoms with van der Waals surface area (Å²) in [4.78, 5) is 14.4. The van der Waals surface area contributed by atoms with Gasteiger partial charge in [-0.15, -0.1) is 24.0 Å². The van der Waals surface area contributed by atoms with Crippen molar-refractivity contribution >= 4 is 52.6 Å². The lowest BCUT2D eigenvalue weighted by molar-refractivity contribution is 0.462. The van der Waals surface area contributed by atoms with Gasteiger partial charge >= 0.3 is 0 Å². The normalized spacial score (nSPS) is 11.5. The number of hydrogen-bond acceptors (Lipinski definition) is 2. The number of imidazole rings is 1. The van der Waals surface area contributed by atoms with Crippen LogP contribution in [0.15, 0.2) is 41.5 Å². The largest absolute Gasteiger partial charge is 0.356 e. The lowest BCUT2D eigenvalue weighted by Crippen LogP contribution is -2.39.